The van der Waals surface area contributed by atoms with E-state index in [1.807, 2.05) is 5.10 Å². The summed E-state index contributed by atoms with van der Waals surface area (Å²) in [4.78, 5) is 3.40. The van der Waals surface area contributed by atoms with Gasteiger partial charge in [-0.1, -0.05) is 18.2 Å². The molecule has 0 spiro atoms. The number of alkyl halides is 3. The van der Waals surface area contributed by atoms with Crippen molar-refractivity contribution in [1.82, 2.24) is 25.4 Å². The highest BCUT2D eigenvalue weighted by atomic mass is 19.4. The largest absolute Gasteiger partial charge is 0.451 e. The second-order valence-corrected chi connectivity index (χ2v) is 3.62. The topological polar surface area (TPSA) is 70.2 Å². The van der Waals surface area contributed by atoms with E-state index in [1.54, 1.807) is 24.3 Å². The molecule has 0 aliphatic carbocycles. The molecule has 0 bridgehead atoms. The van der Waals surface area contributed by atoms with Crippen LogP contribution in [0.1, 0.15) is 5.82 Å². The van der Waals surface area contributed by atoms with Crippen LogP contribution in [-0.4, -0.2) is 25.4 Å². The Morgan fingerprint density at radius 2 is 1.78 bits per heavy atom. The van der Waals surface area contributed by atoms with E-state index in [9.17, 15) is 13.2 Å². The molecule has 0 unspecified atom stereocenters. The first-order valence-corrected chi connectivity index (χ1v) is 4.99. The quantitative estimate of drug-likeness (QED) is 0.699. The number of benzene rings is 1. The number of nitrogens with zero attached hydrogens (tertiary/aromatic N) is 3. The number of hydrogen-bond acceptors (Lipinski definition) is 3. The molecule has 92 valence electrons. The van der Waals surface area contributed by atoms with E-state index >= 15 is 0 Å². The molecule has 2 heterocycles. The summed E-state index contributed by atoms with van der Waals surface area (Å²) in [6.07, 6.45) is -4.54. The van der Waals surface area contributed by atoms with Crippen LogP contribution in [0.2, 0.25) is 0 Å². The number of aromatic nitrogens is 5. The van der Waals surface area contributed by atoms with Gasteiger partial charge < -0.3 is 0 Å². The highest BCUT2D eigenvalue weighted by Gasteiger charge is 2.35. The number of halogens is 3. The third-order valence-electron chi connectivity index (χ3n) is 2.44. The number of aromatic amines is 2. The van der Waals surface area contributed by atoms with Gasteiger partial charge in [0.15, 0.2) is 0 Å². The number of hydrogen-bond donors (Lipinski definition) is 2. The average Bonchev–Trinajstić information content (AvgIpc) is 2.94. The molecule has 5 nitrogen and oxygen atoms in total. The molecule has 0 aliphatic heterocycles. The lowest BCUT2D eigenvalue weighted by molar-refractivity contribution is -0.144. The maximum Gasteiger partial charge on any atom is 0.451 e. The third kappa shape index (κ3) is 1.62. The first-order chi connectivity index (χ1) is 8.55. The minimum absolute atomic E-state index is 0.0835. The summed E-state index contributed by atoms with van der Waals surface area (Å²) in [5.41, 5.74) is 1.00. The SMILES string of the molecule is FC(F)(F)c1nc(-c2n[nH]c3ccccc23)n[nH]1. The molecule has 2 N–H and O–H groups in total. The number of H-pyrrole nitrogens is 2. The lowest BCUT2D eigenvalue weighted by Gasteiger charge is -1.98. The van der Waals surface area contributed by atoms with E-state index in [0.29, 0.717) is 10.9 Å². The van der Waals surface area contributed by atoms with Gasteiger partial charge >= 0.3 is 6.18 Å². The van der Waals surface area contributed by atoms with Crippen molar-refractivity contribution in [2.24, 2.45) is 0 Å². The highest BCUT2D eigenvalue weighted by Crippen LogP contribution is 2.29. The maximum absolute atomic E-state index is 12.4. The van der Waals surface area contributed by atoms with Crippen LogP contribution in [-0.2, 0) is 6.18 Å². The zero-order valence-corrected chi connectivity index (χ0v) is 8.78. The van der Waals surface area contributed by atoms with Crippen LogP contribution in [0.3, 0.4) is 0 Å². The van der Waals surface area contributed by atoms with Crippen molar-refractivity contribution in [3.05, 3.63) is 30.1 Å². The Morgan fingerprint density at radius 3 is 2.50 bits per heavy atom. The van der Waals surface area contributed by atoms with E-state index < -0.39 is 12.0 Å². The van der Waals surface area contributed by atoms with E-state index in [0.717, 1.165) is 0 Å². The fraction of sp³-hybridized carbons (Fsp3) is 0.100. The molecule has 0 saturated heterocycles. The van der Waals surface area contributed by atoms with E-state index in [4.69, 9.17) is 0 Å². The van der Waals surface area contributed by atoms with Gasteiger partial charge in [0.1, 0.15) is 5.69 Å². The van der Waals surface area contributed by atoms with Crippen LogP contribution in [0.25, 0.3) is 22.4 Å². The molecule has 0 saturated carbocycles. The summed E-state index contributed by atoms with van der Waals surface area (Å²) < 4.78 is 37.2. The van der Waals surface area contributed by atoms with Crippen molar-refractivity contribution in [3.8, 4) is 11.5 Å². The van der Waals surface area contributed by atoms with Gasteiger partial charge in [-0.05, 0) is 6.07 Å². The van der Waals surface area contributed by atoms with Gasteiger partial charge in [-0.15, -0.1) is 0 Å². The molecule has 0 aliphatic rings. The van der Waals surface area contributed by atoms with Crippen LogP contribution in [0.4, 0.5) is 13.2 Å². The third-order valence-corrected chi connectivity index (χ3v) is 2.44. The van der Waals surface area contributed by atoms with Crippen molar-refractivity contribution in [1.29, 1.82) is 0 Å². The molecule has 18 heavy (non-hydrogen) atoms. The molecule has 0 amide bonds. The predicted molar refractivity (Wildman–Crippen MR) is 56.5 cm³/mol. The summed E-state index contributed by atoms with van der Waals surface area (Å²) in [6.45, 7) is 0. The Hall–Kier alpha value is -2.38. The van der Waals surface area contributed by atoms with Crippen molar-refractivity contribution in [3.63, 3.8) is 0 Å². The molecule has 1 aromatic carbocycles. The lowest BCUT2D eigenvalue weighted by atomic mass is 10.2. The smallest absolute Gasteiger partial charge is 0.277 e. The van der Waals surface area contributed by atoms with Gasteiger partial charge in [0, 0.05) is 5.39 Å². The summed E-state index contributed by atoms with van der Waals surface area (Å²) >= 11 is 0. The van der Waals surface area contributed by atoms with Crippen LogP contribution in [0.15, 0.2) is 24.3 Å². The van der Waals surface area contributed by atoms with Crippen LogP contribution < -0.4 is 0 Å². The van der Waals surface area contributed by atoms with Crippen LogP contribution in [0, 0.1) is 0 Å². The van der Waals surface area contributed by atoms with Crippen molar-refractivity contribution >= 4 is 10.9 Å². The number of para-hydroxylation sites is 1. The van der Waals surface area contributed by atoms with Crippen molar-refractivity contribution < 1.29 is 13.2 Å². The Labute approximate surface area is 98.0 Å². The Balaban J connectivity index is 2.13. The molecular formula is C10H6F3N5. The Morgan fingerprint density at radius 1 is 1.00 bits per heavy atom. The van der Waals surface area contributed by atoms with Gasteiger partial charge in [0.05, 0.1) is 5.52 Å². The standard InChI is InChI=1S/C10H6F3N5/c11-10(12,13)9-14-8(17-18-9)7-5-3-1-2-4-6(5)15-16-7/h1-4H,(H,15,16)(H,14,17,18). The molecule has 3 aromatic rings. The van der Waals surface area contributed by atoms with E-state index in [-0.39, 0.29) is 11.5 Å². The van der Waals surface area contributed by atoms with Gasteiger partial charge in [0.25, 0.3) is 0 Å². The summed E-state index contributed by atoms with van der Waals surface area (Å²) in [5.74, 6) is -1.22. The Bertz CT molecular complexity index is 697. The monoisotopic (exact) mass is 253 g/mol. The van der Waals surface area contributed by atoms with Gasteiger partial charge in [-0.2, -0.15) is 23.4 Å². The fourth-order valence-corrected chi connectivity index (χ4v) is 1.63. The van der Waals surface area contributed by atoms with Crippen LogP contribution >= 0.6 is 0 Å². The minimum Gasteiger partial charge on any atom is -0.277 e. The number of nitrogens with one attached hydrogen (secondary N) is 2. The van der Waals surface area contributed by atoms with Crippen LogP contribution in [0.5, 0.6) is 0 Å². The van der Waals surface area contributed by atoms with Crippen molar-refractivity contribution in [2.75, 3.05) is 0 Å². The van der Waals surface area contributed by atoms with Gasteiger partial charge in [-0.25, -0.2) is 4.98 Å². The van der Waals surface area contributed by atoms with E-state index in [2.05, 4.69) is 20.3 Å². The van der Waals surface area contributed by atoms with Gasteiger partial charge in [0.2, 0.25) is 11.6 Å². The maximum atomic E-state index is 12.4. The number of rotatable bonds is 1. The zero-order valence-electron chi connectivity index (χ0n) is 8.78. The predicted octanol–water partition coefficient (Wildman–Crippen LogP) is 2.37. The molecular weight excluding hydrogens is 247 g/mol. The highest BCUT2D eigenvalue weighted by molar-refractivity contribution is 5.90. The average molecular weight is 253 g/mol. The van der Waals surface area contributed by atoms with Crippen molar-refractivity contribution in [2.45, 2.75) is 6.18 Å². The normalized spacial score (nSPS) is 12.2. The molecule has 2 aromatic heterocycles. The van der Waals surface area contributed by atoms with E-state index in [1.165, 1.54) is 0 Å². The minimum atomic E-state index is -4.54. The summed E-state index contributed by atoms with van der Waals surface area (Å²) in [7, 11) is 0. The fourth-order valence-electron chi connectivity index (χ4n) is 1.63. The second kappa shape index (κ2) is 3.56. The molecule has 0 atom stereocenters. The summed E-state index contributed by atoms with van der Waals surface area (Å²) in [6, 6.07) is 7.06. The second-order valence-electron chi connectivity index (χ2n) is 3.62. The first-order valence-electron chi connectivity index (χ1n) is 4.99. The molecule has 8 heteroatoms. The Kier molecular flexibility index (Phi) is 2.12. The molecule has 3 rings (SSSR count). The van der Waals surface area contributed by atoms with Gasteiger partial charge in [-0.3, -0.25) is 10.2 Å². The first kappa shape index (κ1) is 10.8. The summed E-state index contributed by atoms with van der Waals surface area (Å²) in [5, 5.41) is 12.7. The molecule has 0 fully saturated rings. The molecule has 0 radical (unpaired) electrons. The zero-order chi connectivity index (χ0) is 12.8. The number of fused-ring (bicyclic) bond motifs is 1. The lowest BCUT2D eigenvalue weighted by Crippen LogP contribution is -2.07.